The molecular weight excluding hydrogens is 218 g/mol. The molecule has 1 aliphatic heterocycles. The lowest BCUT2D eigenvalue weighted by molar-refractivity contribution is -0.133. The largest absolute Gasteiger partial charge is 0.341 e. The van der Waals surface area contributed by atoms with E-state index >= 15 is 0 Å². The van der Waals surface area contributed by atoms with Gasteiger partial charge in [0.1, 0.15) is 0 Å². The number of hydrogen-bond donors (Lipinski definition) is 2. The second kappa shape index (κ2) is 4.91. The summed E-state index contributed by atoms with van der Waals surface area (Å²) in [7, 11) is -3.80. The van der Waals surface area contributed by atoms with Crippen molar-refractivity contribution in [3.8, 4) is 0 Å². The van der Waals surface area contributed by atoms with Gasteiger partial charge in [0, 0.05) is 13.1 Å². The molecule has 0 aromatic carbocycles. The normalized spacial score (nSPS) is 20.0. The summed E-state index contributed by atoms with van der Waals surface area (Å²) in [5.74, 6) is -0.205. The first-order valence-electron chi connectivity index (χ1n) is 4.99. The Bertz CT molecular complexity index is 322. The van der Waals surface area contributed by atoms with Crippen molar-refractivity contribution in [2.24, 2.45) is 5.14 Å². The Kier molecular flexibility index (Phi) is 4.06. The summed E-state index contributed by atoms with van der Waals surface area (Å²) in [5.41, 5.74) is 0. The van der Waals surface area contributed by atoms with E-state index in [1.165, 1.54) is 6.92 Å². The second-order valence-corrected chi connectivity index (χ2v) is 5.10. The lowest BCUT2D eigenvalue weighted by Crippen LogP contribution is -2.49. The number of nitrogens with two attached hydrogens (primary N) is 1. The zero-order valence-corrected chi connectivity index (χ0v) is 9.59. The van der Waals surface area contributed by atoms with E-state index in [0.717, 1.165) is 19.3 Å². The quantitative estimate of drug-likeness (QED) is 0.669. The minimum Gasteiger partial charge on any atom is -0.341 e. The Morgan fingerprint density at radius 2 is 1.87 bits per heavy atom. The topological polar surface area (TPSA) is 92.5 Å². The minimum absolute atomic E-state index is 0.205. The van der Waals surface area contributed by atoms with E-state index in [2.05, 4.69) is 4.72 Å². The highest BCUT2D eigenvalue weighted by molar-refractivity contribution is 7.87. The molecule has 1 heterocycles. The molecule has 0 saturated carbocycles. The molecule has 88 valence electrons. The third-order valence-electron chi connectivity index (χ3n) is 2.38. The van der Waals surface area contributed by atoms with Crippen LogP contribution in [0.2, 0.25) is 0 Å². The van der Waals surface area contributed by atoms with E-state index in [0.29, 0.717) is 13.1 Å². The molecular formula is C8H17N3O3S. The van der Waals surface area contributed by atoms with E-state index < -0.39 is 16.3 Å². The maximum atomic E-state index is 11.7. The number of carbonyl (C=O) groups excluding carboxylic acids is 1. The summed E-state index contributed by atoms with van der Waals surface area (Å²) in [6.45, 7) is 2.91. The van der Waals surface area contributed by atoms with Gasteiger partial charge in [-0.25, -0.2) is 5.14 Å². The second-order valence-electron chi connectivity index (χ2n) is 3.77. The fourth-order valence-corrected chi connectivity index (χ4v) is 2.28. The molecule has 0 spiro atoms. The van der Waals surface area contributed by atoms with Crippen molar-refractivity contribution in [2.45, 2.75) is 32.2 Å². The van der Waals surface area contributed by atoms with Crippen molar-refractivity contribution in [3.63, 3.8) is 0 Å². The Morgan fingerprint density at radius 3 is 2.33 bits per heavy atom. The van der Waals surface area contributed by atoms with Gasteiger partial charge in [0.05, 0.1) is 6.04 Å². The van der Waals surface area contributed by atoms with Gasteiger partial charge >= 0.3 is 0 Å². The zero-order valence-electron chi connectivity index (χ0n) is 8.77. The van der Waals surface area contributed by atoms with Crippen LogP contribution >= 0.6 is 0 Å². The molecule has 7 heteroatoms. The Morgan fingerprint density at radius 1 is 1.33 bits per heavy atom. The molecule has 1 fully saturated rings. The summed E-state index contributed by atoms with van der Waals surface area (Å²) in [6.07, 6.45) is 3.09. The molecule has 0 bridgehead atoms. The Labute approximate surface area is 90.0 Å². The van der Waals surface area contributed by atoms with Gasteiger partial charge in [-0.2, -0.15) is 13.1 Å². The van der Waals surface area contributed by atoms with Crippen molar-refractivity contribution >= 4 is 16.1 Å². The van der Waals surface area contributed by atoms with Crippen LogP contribution in [-0.2, 0) is 15.0 Å². The maximum absolute atomic E-state index is 11.7. The number of rotatable bonds is 3. The molecule has 0 aromatic heterocycles. The van der Waals surface area contributed by atoms with Crippen LogP contribution in [0.25, 0.3) is 0 Å². The van der Waals surface area contributed by atoms with Gasteiger partial charge in [0.2, 0.25) is 5.91 Å². The monoisotopic (exact) mass is 235 g/mol. The van der Waals surface area contributed by atoms with Crippen LogP contribution in [0, 0.1) is 0 Å². The summed E-state index contributed by atoms with van der Waals surface area (Å²) >= 11 is 0. The molecule has 1 aliphatic rings. The predicted octanol–water partition coefficient (Wildman–Crippen LogP) is -0.819. The van der Waals surface area contributed by atoms with Crippen molar-refractivity contribution in [1.29, 1.82) is 0 Å². The number of carbonyl (C=O) groups is 1. The van der Waals surface area contributed by atoms with Gasteiger partial charge in [-0.15, -0.1) is 0 Å². The smallest absolute Gasteiger partial charge is 0.275 e. The molecule has 1 amide bonds. The number of nitrogens with one attached hydrogen (secondary N) is 1. The van der Waals surface area contributed by atoms with Gasteiger partial charge in [0.25, 0.3) is 10.2 Å². The van der Waals surface area contributed by atoms with Gasteiger partial charge in [-0.1, -0.05) is 0 Å². The van der Waals surface area contributed by atoms with Gasteiger partial charge < -0.3 is 4.90 Å². The summed E-state index contributed by atoms with van der Waals surface area (Å²) in [5, 5.41) is 4.79. The number of hydrogen-bond acceptors (Lipinski definition) is 3. The maximum Gasteiger partial charge on any atom is 0.275 e. The first-order valence-corrected chi connectivity index (χ1v) is 6.53. The van der Waals surface area contributed by atoms with Crippen LogP contribution in [0.3, 0.4) is 0 Å². The van der Waals surface area contributed by atoms with E-state index in [9.17, 15) is 13.2 Å². The van der Waals surface area contributed by atoms with Crippen LogP contribution in [0.1, 0.15) is 26.2 Å². The highest BCUT2D eigenvalue weighted by atomic mass is 32.2. The van der Waals surface area contributed by atoms with Crippen LogP contribution < -0.4 is 9.86 Å². The lowest BCUT2D eigenvalue weighted by Gasteiger charge is -2.29. The fraction of sp³-hybridized carbons (Fsp3) is 0.875. The number of nitrogens with zero attached hydrogens (tertiary/aromatic N) is 1. The highest BCUT2D eigenvalue weighted by Crippen LogP contribution is 2.09. The number of piperidine rings is 1. The predicted molar refractivity (Wildman–Crippen MR) is 56.1 cm³/mol. The molecule has 1 saturated heterocycles. The molecule has 0 aromatic rings. The lowest BCUT2D eigenvalue weighted by atomic mass is 10.1. The van der Waals surface area contributed by atoms with Gasteiger partial charge in [0.15, 0.2) is 0 Å². The standard InChI is InChI=1S/C8H17N3O3S/c1-7(10-15(9,13)14)8(12)11-5-3-2-4-6-11/h7,10H,2-6H2,1H3,(H2,9,13,14). The Balaban J connectivity index is 2.51. The van der Waals surface area contributed by atoms with Crippen molar-refractivity contribution in [3.05, 3.63) is 0 Å². The minimum atomic E-state index is -3.80. The van der Waals surface area contributed by atoms with Crippen molar-refractivity contribution in [1.82, 2.24) is 9.62 Å². The number of amides is 1. The average Bonchev–Trinajstić information content (AvgIpc) is 2.15. The summed E-state index contributed by atoms with van der Waals surface area (Å²) in [4.78, 5) is 13.4. The van der Waals surface area contributed by atoms with Crippen LogP contribution in [0.4, 0.5) is 0 Å². The molecule has 0 aliphatic carbocycles. The van der Waals surface area contributed by atoms with Gasteiger partial charge in [-0.05, 0) is 26.2 Å². The molecule has 1 unspecified atom stereocenters. The van der Waals surface area contributed by atoms with Gasteiger partial charge in [-0.3, -0.25) is 4.79 Å². The van der Waals surface area contributed by atoms with E-state index in [4.69, 9.17) is 5.14 Å². The fourth-order valence-electron chi connectivity index (χ4n) is 1.68. The first kappa shape index (κ1) is 12.4. The van der Waals surface area contributed by atoms with Crippen LogP contribution in [0.5, 0.6) is 0 Å². The molecule has 1 atom stereocenters. The highest BCUT2D eigenvalue weighted by Gasteiger charge is 2.24. The van der Waals surface area contributed by atoms with Crippen molar-refractivity contribution in [2.75, 3.05) is 13.1 Å². The molecule has 0 radical (unpaired) electrons. The van der Waals surface area contributed by atoms with Crippen LogP contribution in [0.15, 0.2) is 0 Å². The van der Waals surface area contributed by atoms with E-state index in [1.807, 2.05) is 0 Å². The third-order valence-corrected chi connectivity index (χ3v) is 3.06. The molecule has 15 heavy (non-hydrogen) atoms. The summed E-state index contributed by atoms with van der Waals surface area (Å²) < 4.78 is 23.5. The zero-order chi connectivity index (χ0) is 11.5. The molecule has 6 nitrogen and oxygen atoms in total. The third kappa shape index (κ3) is 4.15. The van der Waals surface area contributed by atoms with Crippen LogP contribution in [-0.4, -0.2) is 38.4 Å². The SMILES string of the molecule is CC(NS(N)(=O)=O)C(=O)N1CCCCC1. The first-order chi connectivity index (χ1) is 6.90. The average molecular weight is 235 g/mol. The van der Waals surface area contributed by atoms with E-state index in [1.54, 1.807) is 4.90 Å². The number of likely N-dealkylation sites (tertiary alicyclic amines) is 1. The van der Waals surface area contributed by atoms with E-state index in [-0.39, 0.29) is 5.91 Å². The molecule has 1 rings (SSSR count). The summed E-state index contributed by atoms with van der Waals surface area (Å²) in [6, 6.07) is -0.780. The Hall–Kier alpha value is -0.660. The van der Waals surface area contributed by atoms with Crippen molar-refractivity contribution < 1.29 is 13.2 Å². The molecule has 3 N–H and O–H groups in total.